The number of nitrogens with two attached hydrogens (primary N) is 1. The molecule has 0 radical (unpaired) electrons. The highest BCUT2D eigenvalue weighted by Crippen LogP contribution is 2.14. The molecule has 0 spiro atoms. The van der Waals surface area contributed by atoms with Crippen LogP contribution in [0.1, 0.15) is 44.7 Å². The Hall–Kier alpha value is -1.59. The van der Waals surface area contributed by atoms with Crippen LogP contribution in [0.2, 0.25) is 0 Å². The van der Waals surface area contributed by atoms with E-state index in [1.54, 1.807) is 0 Å². The summed E-state index contributed by atoms with van der Waals surface area (Å²) in [6.07, 6.45) is 2.29. The lowest BCUT2D eigenvalue weighted by Crippen LogP contribution is -2.44. The van der Waals surface area contributed by atoms with Gasteiger partial charge in [0.25, 0.3) is 0 Å². The van der Waals surface area contributed by atoms with E-state index in [1.165, 1.54) is 5.56 Å². The summed E-state index contributed by atoms with van der Waals surface area (Å²) >= 11 is 0. The van der Waals surface area contributed by atoms with Crippen molar-refractivity contribution in [1.29, 1.82) is 0 Å². The van der Waals surface area contributed by atoms with Crippen molar-refractivity contribution in [3.63, 3.8) is 0 Å². The van der Waals surface area contributed by atoms with E-state index in [2.05, 4.69) is 49.3 Å². The predicted octanol–water partition coefficient (Wildman–Crippen LogP) is 2.58. The first-order chi connectivity index (χ1) is 10.9. The monoisotopic (exact) mass is 319 g/mol. The van der Waals surface area contributed by atoms with Gasteiger partial charge in [-0.3, -0.25) is 0 Å². The summed E-state index contributed by atoms with van der Waals surface area (Å²) in [5.41, 5.74) is 8.14. The number of benzene rings is 1. The van der Waals surface area contributed by atoms with Crippen LogP contribution in [0.3, 0.4) is 0 Å². The third-order valence-corrected chi connectivity index (χ3v) is 3.58. The van der Waals surface area contributed by atoms with E-state index >= 15 is 0 Å². The van der Waals surface area contributed by atoms with E-state index in [9.17, 15) is 0 Å². The number of nitrogens with one attached hydrogen (secondary N) is 1. The molecule has 5 heteroatoms. The summed E-state index contributed by atoms with van der Waals surface area (Å²) in [6.45, 7) is 8.99. The minimum atomic E-state index is -0.0764. The molecule has 23 heavy (non-hydrogen) atoms. The average Bonchev–Trinajstić information content (AvgIpc) is 2.51. The van der Waals surface area contributed by atoms with Gasteiger partial charge in [0, 0.05) is 18.8 Å². The van der Waals surface area contributed by atoms with Gasteiger partial charge >= 0.3 is 0 Å². The third kappa shape index (κ3) is 7.01. The molecule has 1 saturated heterocycles. The van der Waals surface area contributed by atoms with Crippen LogP contribution in [0.25, 0.3) is 0 Å². The van der Waals surface area contributed by atoms with Gasteiger partial charge < -0.3 is 20.5 Å². The molecule has 0 saturated carbocycles. The Labute approximate surface area is 139 Å². The normalized spacial score (nSPS) is 17.3. The van der Waals surface area contributed by atoms with Gasteiger partial charge in [0.2, 0.25) is 0 Å². The summed E-state index contributed by atoms with van der Waals surface area (Å²) in [4.78, 5) is 4.40. The second-order valence-corrected chi connectivity index (χ2v) is 7.02. The summed E-state index contributed by atoms with van der Waals surface area (Å²) < 4.78 is 11.3. The lowest BCUT2D eigenvalue weighted by molar-refractivity contribution is -0.0390. The molecule has 1 fully saturated rings. The maximum Gasteiger partial charge on any atom is 0.189 e. The largest absolute Gasteiger partial charge is 0.381 e. The summed E-state index contributed by atoms with van der Waals surface area (Å²) in [5.74, 6) is 0.473. The summed E-state index contributed by atoms with van der Waals surface area (Å²) in [6, 6.07) is 8.32. The fourth-order valence-electron chi connectivity index (χ4n) is 2.47. The SMILES string of the molecule is CC(C)(C)NC(N)=NCc1cccc(COC2CCOCC2)c1. The first-order valence-corrected chi connectivity index (χ1v) is 8.28. The summed E-state index contributed by atoms with van der Waals surface area (Å²) in [7, 11) is 0. The van der Waals surface area contributed by atoms with Gasteiger partial charge in [-0.05, 0) is 44.7 Å². The maximum atomic E-state index is 5.96. The molecule has 1 aromatic carbocycles. The third-order valence-electron chi connectivity index (χ3n) is 3.58. The number of aliphatic imine (C=N–C) groups is 1. The van der Waals surface area contributed by atoms with E-state index in [0.717, 1.165) is 31.6 Å². The highest BCUT2D eigenvalue weighted by molar-refractivity contribution is 5.78. The lowest BCUT2D eigenvalue weighted by atomic mass is 10.1. The van der Waals surface area contributed by atoms with E-state index in [4.69, 9.17) is 15.2 Å². The van der Waals surface area contributed by atoms with Crippen molar-refractivity contribution >= 4 is 5.96 Å². The molecule has 1 aliphatic heterocycles. The zero-order valence-electron chi connectivity index (χ0n) is 14.5. The standard InChI is InChI=1S/C18H29N3O2/c1-18(2,3)21-17(19)20-12-14-5-4-6-15(11-14)13-23-16-7-9-22-10-8-16/h4-6,11,16H,7-10,12-13H2,1-3H3,(H3,19,20,21). The van der Waals surface area contributed by atoms with Crippen LogP contribution in [0.5, 0.6) is 0 Å². The highest BCUT2D eigenvalue weighted by Gasteiger charge is 2.14. The van der Waals surface area contributed by atoms with Gasteiger partial charge in [-0.15, -0.1) is 0 Å². The number of rotatable bonds is 5. The van der Waals surface area contributed by atoms with E-state index < -0.39 is 0 Å². The molecule has 0 aliphatic carbocycles. The van der Waals surface area contributed by atoms with Gasteiger partial charge in [-0.2, -0.15) is 0 Å². The first-order valence-electron chi connectivity index (χ1n) is 8.28. The van der Waals surface area contributed by atoms with Gasteiger partial charge in [-0.1, -0.05) is 24.3 Å². The van der Waals surface area contributed by atoms with E-state index in [-0.39, 0.29) is 5.54 Å². The Balaban J connectivity index is 1.85. The molecule has 3 N–H and O–H groups in total. The molecule has 0 unspecified atom stereocenters. The molecular formula is C18H29N3O2. The highest BCUT2D eigenvalue weighted by atomic mass is 16.5. The predicted molar refractivity (Wildman–Crippen MR) is 93.3 cm³/mol. The van der Waals surface area contributed by atoms with Crippen molar-refractivity contribution in [3.05, 3.63) is 35.4 Å². The molecule has 0 aromatic heterocycles. The van der Waals surface area contributed by atoms with Crippen molar-refractivity contribution in [2.75, 3.05) is 13.2 Å². The first kappa shape index (κ1) is 17.8. The quantitative estimate of drug-likeness (QED) is 0.646. The average molecular weight is 319 g/mol. The van der Waals surface area contributed by atoms with Crippen molar-refractivity contribution in [3.8, 4) is 0 Å². The molecule has 1 aliphatic rings. The Morgan fingerprint density at radius 1 is 1.30 bits per heavy atom. The van der Waals surface area contributed by atoms with Crippen LogP contribution in [0, 0.1) is 0 Å². The number of ether oxygens (including phenoxy) is 2. The smallest absolute Gasteiger partial charge is 0.189 e. The Morgan fingerprint density at radius 2 is 2.00 bits per heavy atom. The molecule has 0 atom stereocenters. The zero-order valence-corrected chi connectivity index (χ0v) is 14.5. The number of nitrogens with zero attached hydrogens (tertiary/aromatic N) is 1. The van der Waals surface area contributed by atoms with Crippen LogP contribution >= 0.6 is 0 Å². The Morgan fingerprint density at radius 3 is 2.70 bits per heavy atom. The van der Waals surface area contributed by atoms with E-state index in [1.807, 2.05) is 6.07 Å². The lowest BCUT2D eigenvalue weighted by Gasteiger charge is -2.22. The molecule has 0 amide bonds. The minimum absolute atomic E-state index is 0.0764. The summed E-state index contributed by atoms with van der Waals surface area (Å²) in [5, 5.41) is 3.16. The molecule has 1 heterocycles. The van der Waals surface area contributed by atoms with Gasteiger partial charge in [-0.25, -0.2) is 4.99 Å². The molecule has 1 aromatic rings. The van der Waals surface area contributed by atoms with Gasteiger partial charge in [0.15, 0.2) is 5.96 Å². The Bertz CT molecular complexity index is 517. The molecular weight excluding hydrogens is 290 g/mol. The maximum absolute atomic E-state index is 5.96. The fourth-order valence-corrected chi connectivity index (χ4v) is 2.47. The Kier molecular flexibility index (Phi) is 6.42. The van der Waals surface area contributed by atoms with Crippen LogP contribution in [-0.4, -0.2) is 30.8 Å². The number of guanidine groups is 1. The molecule has 2 rings (SSSR count). The van der Waals surface area contributed by atoms with Crippen LogP contribution in [-0.2, 0) is 22.6 Å². The van der Waals surface area contributed by atoms with Crippen molar-refractivity contribution in [1.82, 2.24) is 5.32 Å². The van der Waals surface area contributed by atoms with Crippen molar-refractivity contribution < 1.29 is 9.47 Å². The van der Waals surface area contributed by atoms with Crippen molar-refractivity contribution in [2.24, 2.45) is 10.7 Å². The zero-order chi connectivity index (χ0) is 16.7. The van der Waals surface area contributed by atoms with Gasteiger partial charge in [0.1, 0.15) is 0 Å². The minimum Gasteiger partial charge on any atom is -0.381 e. The van der Waals surface area contributed by atoms with Gasteiger partial charge in [0.05, 0.1) is 19.3 Å². The van der Waals surface area contributed by atoms with Crippen molar-refractivity contribution in [2.45, 2.75) is 58.4 Å². The molecule has 0 bridgehead atoms. The van der Waals surface area contributed by atoms with Crippen LogP contribution in [0.4, 0.5) is 0 Å². The molecule has 5 nitrogen and oxygen atoms in total. The number of hydrogen-bond donors (Lipinski definition) is 2. The molecule has 128 valence electrons. The van der Waals surface area contributed by atoms with Crippen LogP contribution < -0.4 is 11.1 Å². The topological polar surface area (TPSA) is 68.9 Å². The fraction of sp³-hybridized carbons (Fsp3) is 0.611. The second kappa shape index (κ2) is 8.31. The van der Waals surface area contributed by atoms with Crippen LogP contribution in [0.15, 0.2) is 29.3 Å². The second-order valence-electron chi connectivity index (χ2n) is 7.02. The van der Waals surface area contributed by atoms with E-state index in [0.29, 0.717) is 25.2 Å². The number of hydrogen-bond acceptors (Lipinski definition) is 3.